The molecule has 24 heavy (non-hydrogen) atoms. The Labute approximate surface area is 141 Å². The van der Waals surface area contributed by atoms with E-state index >= 15 is 0 Å². The van der Waals surface area contributed by atoms with Crippen molar-refractivity contribution in [1.82, 2.24) is 5.32 Å². The van der Waals surface area contributed by atoms with Gasteiger partial charge in [-0.05, 0) is 49.7 Å². The molecule has 0 radical (unpaired) electrons. The zero-order valence-electron chi connectivity index (χ0n) is 14.1. The van der Waals surface area contributed by atoms with Crippen LogP contribution in [0.15, 0.2) is 42.5 Å². The van der Waals surface area contributed by atoms with Crippen LogP contribution in [0, 0.1) is 5.82 Å². The van der Waals surface area contributed by atoms with Gasteiger partial charge in [0.2, 0.25) is 0 Å². The standard InChI is InChI=1S/C19H22FNO3/c1-4-24-12-16-11-15(7-10-18(16)23-3)19(22)21-13(2)14-5-8-17(20)9-6-14/h5-11,13H,4,12H2,1-3H3,(H,21,22). The van der Waals surface area contributed by atoms with E-state index in [4.69, 9.17) is 9.47 Å². The number of hydrogen-bond acceptors (Lipinski definition) is 3. The fourth-order valence-corrected chi connectivity index (χ4v) is 2.36. The van der Waals surface area contributed by atoms with Crippen LogP contribution in [0.2, 0.25) is 0 Å². The summed E-state index contributed by atoms with van der Waals surface area (Å²) in [6, 6.07) is 11.1. The van der Waals surface area contributed by atoms with E-state index in [9.17, 15) is 9.18 Å². The number of ether oxygens (including phenoxy) is 2. The molecule has 1 atom stereocenters. The van der Waals surface area contributed by atoms with Crippen molar-refractivity contribution in [2.24, 2.45) is 0 Å². The zero-order chi connectivity index (χ0) is 17.5. The minimum Gasteiger partial charge on any atom is -0.496 e. The van der Waals surface area contributed by atoms with Crippen molar-refractivity contribution in [3.8, 4) is 5.75 Å². The molecule has 0 fully saturated rings. The molecule has 0 saturated heterocycles. The van der Waals surface area contributed by atoms with E-state index in [0.717, 1.165) is 11.1 Å². The second-order valence-corrected chi connectivity index (χ2v) is 5.41. The number of carbonyl (C=O) groups excluding carboxylic acids is 1. The monoisotopic (exact) mass is 331 g/mol. The van der Waals surface area contributed by atoms with Gasteiger partial charge in [-0.1, -0.05) is 12.1 Å². The molecule has 2 aromatic rings. The van der Waals surface area contributed by atoms with Crippen molar-refractivity contribution in [2.45, 2.75) is 26.5 Å². The molecule has 4 nitrogen and oxygen atoms in total. The van der Waals surface area contributed by atoms with E-state index in [2.05, 4.69) is 5.32 Å². The third-order valence-corrected chi connectivity index (χ3v) is 3.72. The third-order valence-electron chi connectivity index (χ3n) is 3.72. The van der Waals surface area contributed by atoms with E-state index < -0.39 is 0 Å². The topological polar surface area (TPSA) is 47.6 Å². The first-order chi connectivity index (χ1) is 11.5. The van der Waals surface area contributed by atoms with Crippen molar-refractivity contribution < 1.29 is 18.7 Å². The van der Waals surface area contributed by atoms with Crippen LogP contribution in [0.1, 0.15) is 41.4 Å². The molecule has 2 rings (SSSR count). The molecule has 5 heteroatoms. The summed E-state index contributed by atoms with van der Waals surface area (Å²) in [7, 11) is 1.58. The van der Waals surface area contributed by atoms with E-state index in [0.29, 0.717) is 24.5 Å². The zero-order valence-corrected chi connectivity index (χ0v) is 14.1. The number of methoxy groups -OCH3 is 1. The summed E-state index contributed by atoms with van der Waals surface area (Å²) in [6.07, 6.45) is 0. The van der Waals surface area contributed by atoms with Gasteiger partial charge in [0.1, 0.15) is 11.6 Å². The molecule has 128 valence electrons. The van der Waals surface area contributed by atoms with Crippen LogP contribution < -0.4 is 10.1 Å². The number of hydrogen-bond donors (Lipinski definition) is 1. The summed E-state index contributed by atoms with van der Waals surface area (Å²) >= 11 is 0. The van der Waals surface area contributed by atoms with Crippen LogP contribution in [0.25, 0.3) is 0 Å². The average molecular weight is 331 g/mol. The minimum atomic E-state index is -0.298. The van der Waals surface area contributed by atoms with Crippen molar-refractivity contribution >= 4 is 5.91 Å². The van der Waals surface area contributed by atoms with Gasteiger partial charge in [-0.2, -0.15) is 0 Å². The van der Waals surface area contributed by atoms with E-state index in [1.54, 1.807) is 37.4 Å². The summed E-state index contributed by atoms with van der Waals surface area (Å²) in [4.78, 5) is 12.5. The van der Waals surface area contributed by atoms with Crippen molar-refractivity contribution in [3.05, 3.63) is 65.0 Å². The second kappa shape index (κ2) is 8.45. The van der Waals surface area contributed by atoms with Crippen molar-refractivity contribution in [3.63, 3.8) is 0 Å². The molecule has 0 bridgehead atoms. The van der Waals surface area contributed by atoms with Gasteiger partial charge in [-0.15, -0.1) is 0 Å². The maximum absolute atomic E-state index is 13.0. The molecule has 0 aliphatic heterocycles. The lowest BCUT2D eigenvalue weighted by Gasteiger charge is -2.16. The van der Waals surface area contributed by atoms with Gasteiger partial charge in [0.25, 0.3) is 5.91 Å². The quantitative estimate of drug-likeness (QED) is 0.838. The molecule has 1 N–H and O–H groups in total. The van der Waals surface area contributed by atoms with Gasteiger partial charge in [0, 0.05) is 17.7 Å². The first-order valence-electron chi connectivity index (χ1n) is 7.86. The number of halogens is 1. The van der Waals surface area contributed by atoms with Crippen LogP contribution in [0.5, 0.6) is 5.75 Å². The molecule has 0 aliphatic carbocycles. The highest BCUT2D eigenvalue weighted by atomic mass is 19.1. The Balaban J connectivity index is 2.12. The summed E-state index contributed by atoms with van der Waals surface area (Å²) < 4.78 is 23.7. The van der Waals surface area contributed by atoms with Gasteiger partial charge in [0.15, 0.2) is 0 Å². The predicted molar refractivity (Wildman–Crippen MR) is 90.6 cm³/mol. The van der Waals surface area contributed by atoms with Gasteiger partial charge in [-0.25, -0.2) is 4.39 Å². The van der Waals surface area contributed by atoms with Crippen LogP contribution in [0.4, 0.5) is 4.39 Å². The van der Waals surface area contributed by atoms with Crippen LogP contribution in [-0.2, 0) is 11.3 Å². The molecule has 0 heterocycles. The van der Waals surface area contributed by atoms with E-state index in [1.165, 1.54) is 12.1 Å². The molecular formula is C19H22FNO3. The molecule has 1 amide bonds. The molecule has 2 aromatic carbocycles. The average Bonchev–Trinajstić information content (AvgIpc) is 2.60. The van der Waals surface area contributed by atoms with Crippen LogP contribution >= 0.6 is 0 Å². The highest BCUT2D eigenvalue weighted by molar-refractivity contribution is 5.94. The van der Waals surface area contributed by atoms with Gasteiger partial charge in [0.05, 0.1) is 19.8 Å². The molecule has 0 aromatic heterocycles. The Kier molecular flexibility index (Phi) is 6.32. The van der Waals surface area contributed by atoms with Crippen molar-refractivity contribution in [1.29, 1.82) is 0 Å². The fraction of sp³-hybridized carbons (Fsp3) is 0.316. The Morgan fingerprint density at radius 1 is 1.21 bits per heavy atom. The number of carbonyl (C=O) groups is 1. The third kappa shape index (κ3) is 4.55. The lowest BCUT2D eigenvalue weighted by atomic mass is 10.1. The Hall–Kier alpha value is -2.40. The largest absolute Gasteiger partial charge is 0.496 e. The second-order valence-electron chi connectivity index (χ2n) is 5.41. The van der Waals surface area contributed by atoms with E-state index in [-0.39, 0.29) is 17.8 Å². The summed E-state index contributed by atoms with van der Waals surface area (Å²) in [5, 5.41) is 2.91. The fourth-order valence-electron chi connectivity index (χ4n) is 2.36. The lowest BCUT2D eigenvalue weighted by molar-refractivity contribution is 0.0939. The number of rotatable bonds is 7. The van der Waals surface area contributed by atoms with Gasteiger partial charge < -0.3 is 14.8 Å². The summed E-state index contributed by atoms with van der Waals surface area (Å²) in [6.45, 7) is 4.73. The Morgan fingerprint density at radius 3 is 2.54 bits per heavy atom. The number of amides is 1. The van der Waals surface area contributed by atoms with Gasteiger partial charge >= 0.3 is 0 Å². The smallest absolute Gasteiger partial charge is 0.251 e. The molecule has 1 unspecified atom stereocenters. The molecule has 0 saturated carbocycles. The maximum Gasteiger partial charge on any atom is 0.251 e. The Morgan fingerprint density at radius 2 is 1.92 bits per heavy atom. The predicted octanol–water partition coefficient (Wildman–Crippen LogP) is 3.86. The van der Waals surface area contributed by atoms with Crippen LogP contribution in [0.3, 0.4) is 0 Å². The molecule has 0 spiro atoms. The Bertz CT molecular complexity index is 686. The maximum atomic E-state index is 13.0. The van der Waals surface area contributed by atoms with Crippen LogP contribution in [-0.4, -0.2) is 19.6 Å². The number of benzene rings is 2. The van der Waals surface area contributed by atoms with Gasteiger partial charge in [-0.3, -0.25) is 4.79 Å². The lowest BCUT2D eigenvalue weighted by Crippen LogP contribution is -2.26. The highest BCUT2D eigenvalue weighted by Crippen LogP contribution is 2.21. The number of nitrogens with one attached hydrogen (secondary N) is 1. The van der Waals surface area contributed by atoms with Crippen molar-refractivity contribution in [2.75, 3.05) is 13.7 Å². The first-order valence-corrected chi connectivity index (χ1v) is 7.86. The molecular weight excluding hydrogens is 309 g/mol. The highest BCUT2D eigenvalue weighted by Gasteiger charge is 2.14. The summed E-state index contributed by atoms with van der Waals surface area (Å²) in [5.74, 6) is 0.187. The summed E-state index contributed by atoms with van der Waals surface area (Å²) in [5.41, 5.74) is 2.19. The SMILES string of the molecule is CCOCc1cc(C(=O)NC(C)c2ccc(F)cc2)ccc1OC. The minimum absolute atomic E-state index is 0.202. The first kappa shape index (κ1) is 17.9. The molecule has 0 aliphatic rings. The van der Waals surface area contributed by atoms with E-state index in [1.807, 2.05) is 13.8 Å². The normalized spacial score (nSPS) is 11.8.